The van der Waals surface area contributed by atoms with Gasteiger partial charge in [-0.3, -0.25) is 9.69 Å². The maximum atomic E-state index is 13.0. The monoisotopic (exact) mass is 373 g/mol. The molecule has 2 heterocycles. The predicted octanol–water partition coefficient (Wildman–Crippen LogP) is 4.57. The van der Waals surface area contributed by atoms with Gasteiger partial charge in [0.2, 0.25) is 0 Å². The Labute approximate surface area is 156 Å². The van der Waals surface area contributed by atoms with Crippen molar-refractivity contribution in [3.8, 4) is 0 Å². The summed E-state index contributed by atoms with van der Waals surface area (Å²) in [6, 6.07) is 8.03. The molecule has 0 saturated carbocycles. The van der Waals surface area contributed by atoms with E-state index in [4.69, 9.17) is 4.98 Å². The zero-order valence-electron chi connectivity index (χ0n) is 15.1. The van der Waals surface area contributed by atoms with Crippen molar-refractivity contribution in [2.75, 3.05) is 32.1 Å². The first-order valence-corrected chi connectivity index (χ1v) is 10.0. The molecule has 0 bridgehead atoms. The van der Waals surface area contributed by atoms with Gasteiger partial charge in [-0.15, -0.1) is 11.3 Å². The van der Waals surface area contributed by atoms with Crippen LogP contribution in [-0.2, 0) is 0 Å². The molecule has 3 aromatic rings. The van der Waals surface area contributed by atoms with Gasteiger partial charge in [0, 0.05) is 6.54 Å². The number of benzene rings is 1. The van der Waals surface area contributed by atoms with Crippen LogP contribution in [0.1, 0.15) is 27.2 Å². The minimum absolute atomic E-state index is 0.0437. The van der Waals surface area contributed by atoms with Crippen molar-refractivity contribution in [3.63, 3.8) is 0 Å². The second-order valence-electron chi connectivity index (χ2n) is 6.44. The maximum absolute atomic E-state index is 13.0. The Morgan fingerprint density at radius 3 is 2.64 bits per heavy atom. The summed E-state index contributed by atoms with van der Waals surface area (Å²) in [6.07, 6.45) is 0.915. The van der Waals surface area contributed by atoms with Crippen molar-refractivity contribution in [3.05, 3.63) is 45.6 Å². The number of fused-ring (bicyclic) bond motifs is 1. The molecule has 6 heteroatoms. The fourth-order valence-electron chi connectivity index (χ4n) is 2.69. The van der Waals surface area contributed by atoms with Crippen molar-refractivity contribution >= 4 is 43.9 Å². The van der Waals surface area contributed by atoms with Gasteiger partial charge in [-0.2, -0.15) is 0 Å². The number of carbonyl (C=O) groups is 1. The van der Waals surface area contributed by atoms with Crippen LogP contribution in [0.2, 0.25) is 0 Å². The average molecular weight is 374 g/mol. The lowest BCUT2D eigenvalue weighted by atomic mass is 10.1. The summed E-state index contributed by atoms with van der Waals surface area (Å²) in [4.78, 5) is 22.6. The van der Waals surface area contributed by atoms with Gasteiger partial charge in [-0.25, -0.2) is 4.98 Å². The van der Waals surface area contributed by atoms with Crippen LogP contribution in [0.5, 0.6) is 0 Å². The summed E-state index contributed by atoms with van der Waals surface area (Å²) in [6.45, 7) is 5.81. The number of thiophene rings is 1. The number of carbonyl (C=O) groups excluding carboxylic acids is 1. The zero-order chi connectivity index (χ0) is 18.0. The number of aromatic nitrogens is 1. The lowest BCUT2D eigenvalue weighted by molar-refractivity contribution is 0.0990. The van der Waals surface area contributed by atoms with Gasteiger partial charge in [-0.05, 0) is 69.5 Å². The summed E-state index contributed by atoms with van der Waals surface area (Å²) >= 11 is 3.08. The minimum Gasteiger partial charge on any atom is -0.309 e. The molecule has 0 fully saturated rings. The molecule has 0 atom stereocenters. The number of amides is 1. The Bertz CT molecular complexity index is 868. The van der Waals surface area contributed by atoms with E-state index >= 15 is 0 Å². The van der Waals surface area contributed by atoms with E-state index in [1.54, 1.807) is 11.3 Å². The van der Waals surface area contributed by atoms with Crippen LogP contribution in [-0.4, -0.2) is 43.0 Å². The third kappa shape index (κ3) is 3.92. The van der Waals surface area contributed by atoms with Gasteiger partial charge < -0.3 is 4.90 Å². The van der Waals surface area contributed by atoms with E-state index in [1.807, 2.05) is 22.4 Å². The molecule has 0 saturated heterocycles. The Hall–Kier alpha value is -1.76. The van der Waals surface area contributed by atoms with Gasteiger partial charge in [0.05, 0.1) is 15.1 Å². The Kier molecular flexibility index (Phi) is 5.51. The molecule has 0 aliphatic rings. The molecule has 0 N–H and O–H groups in total. The smallest absolute Gasteiger partial charge is 0.270 e. The molecular weight excluding hydrogens is 350 g/mol. The van der Waals surface area contributed by atoms with Gasteiger partial charge in [-0.1, -0.05) is 23.5 Å². The lowest BCUT2D eigenvalue weighted by Crippen LogP contribution is -2.32. The second-order valence-corrected chi connectivity index (χ2v) is 8.40. The minimum atomic E-state index is 0.0437. The number of hydrogen-bond acceptors (Lipinski definition) is 5. The van der Waals surface area contributed by atoms with Crippen molar-refractivity contribution < 1.29 is 4.79 Å². The topological polar surface area (TPSA) is 36.4 Å². The highest BCUT2D eigenvalue weighted by molar-refractivity contribution is 7.22. The maximum Gasteiger partial charge on any atom is 0.270 e. The Morgan fingerprint density at radius 2 is 1.96 bits per heavy atom. The highest BCUT2D eigenvalue weighted by Crippen LogP contribution is 2.33. The molecule has 4 nitrogen and oxygen atoms in total. The number of anilines is 1. The molecule has 0 aliphatic carbocycles. The normalized spacial score (nSPS) is 11.4. The highest BCUT2D eigenvalue weighted by Gasteiger charge is 2.22. The molecule has 1 aromatic carbocycles. The molecule has 0 unspecified atom stereocenters. The molecule has 2 aromatic heterocycles. The van der Waals surface area contributed by atoms with Crippen molar-refractivity contribution in [1.82, 2.24) is 9.88 Å². The second kappa shape index (κ2) is 7.64. The fraction of sp³-hybridized carbons (Fsp3) is 0.368. The summed E-state index contributed by atoms with van der Waals surface area (Å²) in [5, 5.41) is 2.73. The standard InChI is InChI=1S/C19H23N3OS2/c1-13-8-9-15-17(14(13)2)20-19(25-15)22(11-6-10-21(3)4)18(23)16-7-5-12-24-16/h5,7-9,12H,6,10-11H2,1-4H3. The largest absolute Gasteiger partial charge is 0.309 e. The Morgan fingerprint density at radius 1 is 1.16 bits per heavy atom. The van der Waals surface area contributed by atoms with E-state index in [0.29, 0.717) is 6.54 Å². The first kappa shape index (κ1) is 18.0. The molecule has 3 rings (SSSR count). The molecular formula is C19H23N3OS2. The van der Waals surface area contributed by atoms with Crippen molar-refractivity contribution in [2.24, 2.45) is 0 Å². The van der Waals surface area contributed by atoms with E-state index in [-0.39, 0.29) is 5.91 Å². The zero-order valence-corrected chi connectivity index (χ0v) is 16.7. The van der Waals surface area contributed by atoms with Gasteiger partial charge >= 0.3 is 0 Å². The number of rotatable bonds is 6. The molecule has 0 spiro atoms. The van der Waals surface area contributed by atoms with E-state index < -0.39 is 0 Å². The van der Waals surface area contributed by atoms with Crippen LogP contribution in [0.15, 0.2) is 29.6 Å². The molecule has 132 valence electrons. The highest BCUT2D eigenvalue weighted by atomic mass is 32.1. The van der Waals surface area contributed by atoms with Crippen molar-refractivity contribution in [1.29, 1.82) is 0 Å². The fourth-order valence-corrected chi connectivity index (χ4v) is 4.41. The number of aryl methyl sites for hydroxylation is 2. The molecule has 0 radical (unpaired) electrons. The SMILES string of the molecule is Cc1ccc2sc(N(CCCN(C)C)C(=O)c3cccs3)nc2c1C. The van der Waals surface area contributed by atoms with Crippen LogP contribution in [0.4, 0.5) is 5.13 Å². The van der Waals surface area contributed by atoms with Crippen molar-refractivity contribution in [2.45, 2.75) is 20.3 Å². The summed E-state index contributed by atoms with van der Waals surface area (Å²) in [7, 11) is 4.10. The molecule has 1 amide bonds. The van der Waals surface area contributed by atoms with Crippen LogP contribution >= 0.6 is 22.7 Å². The third-order valence-electron chi connectivity index (χ3n) is 4.27. The number of thiazole rings is 1. The average Bonchev–Trinajstić information content (AvgIpc) is 3.24. The first-order chi connectivity index (χ1) is 12.0. The third-order valence-corrected chi connectivity index (χ3v) is 6.17. The Balaban J connectivity index is 1.95. The quantitative estimate of drug-likeness (QED) is 0.635. The van der Waals surface area contributed by atoms with Crippen LogP contribution in [0.3, 0.4) is 0 Å². The molecule has 0 aliphatic heterocycles. The van der Waals surface area contributed by atoms with E-state index in [9.17, 15) is 4.79 Å². The summed E-state index contributed by atoms with van der Waals surface area (Å²) < 4.78 is 1.13. The summed E-state index contributed by atoms with van der Waals surface area (Å²) in [5.74, 6) is 0.0437. The van der Waals surface area contributed by atoms with Crippen LogP contribution in [0.25, 0.3) is 10.2 Å². The van der Waals surface area contributed by atoms with E-state index in [0.717, 1.165) is 33.2 Å². The number of nitrogens with zero attached hydrogens (tertiary/aromatic N) is 3. The van der Waals surface area contributed by atoms with E-state index in [2.05, 4.69) is 45.0 Å². The van der Waals surface area contributed by atoms with Gasteiger partial charge in [0.1, 0.15) is 0 Å². The first-order valence-electron chi connectivity index (χ1n) is 8.34. The predicted molar refractivity (Wildman–Crippen MR) is 108 cm³/mol. The lowest BCUT2D eigenvalue weighted by Gasteiger charge is -2.20. The van der Waals surface area contributed by atoms with E-state index in [1.165, 1.54) is 22.5 Å². The molecule has 25 heavy (non-hydrogen) atoms. The van der Waals surface area contributed by atoms with Gasteiger partial charge in [0.25, 0.3) is 5.91 Å². The van der Waals surface area contributed by atoms with Gasteiger partial charge in [0.15, 0.2) is 5.13 Å². The van der Waals surface area contributed by atoms with Crippen LogP contribution < -0.4 is 4.90 Å². The van der Waals surface area contributed by atoms with Crippen LogP contribution in [0, 0.1) is 13.8 Å². The summed E-state index contributed by atoms with van der Waals surface area (Å²) in [5.41, 5.74) is 3.43. The number of hydrogen-bond donors (Lipinski definition) is 0.